The third-order valence-electron chi connectivity index (χ3n) is 5.76. The maximum atomic E-state index is 12.7. The van der Waals surface area contributed by atoms with Gasteiger partial charge in [0.1, 0.15) is 23.7 Å². The molecule has 4 heteroatoms. The smallest absolute Gasteiger partial charge is 0.344 e. The van der Waals surface area contributed by atoms with Gasteiger partial charge >= 0.3 is 5.63 Å². The van der Waals surface area contributed by atoms with Gasteiger partial charge in [-0.05, 0) is 61.6 Å². The first kappa shape index (κ1) is 18.7. The van der Waals surface area contributed by atoms with Crippen LogP contribution in [-0.2, 0) is 6.61 Å². The van der Waals surface area contributed by atoms with Crippen molar-refractivity contribution in [1.29, 1.82) is 0 Å². The van der Waals surface area contributed by atoms with E-state index in [4.69, 9.17) is 13.9 Å². The number of fused-ring (bicyclic) bond motifs is 3. The van der Waals surface area contributed by atoms with Crippen molar-refractivity contribution in [2.45, 2.75) is 44.8 Å². The van der Waals surface area contributed by atoms with Gasteiger partial charge in [-0.3, -0.25) is 0 Å². The lowest BCUT2D eigenvalue weighted by atomic mass is 9.98. The van der Waals surface area contributed by atoms with Crippen molar-refractivity contribution in [3.8, 4) is 11.5 Å². The van der Waals surface area contributed by atoms with E-state index in [1.165, 1.54) is 19.3 Å². The zero-order chi connectivity index (χ0) is 20.3. The quantitative estimate of drug-likeness (QED) is 0.294. The average Bonchev–Trinajstić information content (AvgIpc) is 2.79. The van der Waals surface area contributed by atoms with Crippen LogP contribution in [0.4, 0.5) is 0 Å². The van der Waals surface area contributed by atoms with Crippen LogP contribution in [0.15, 0.2) is 75.9 Å². The van der Waals surface area contributed by atoms with E-state index in [1.54, 1.807) is 6.07 Å². The van der Waals surface area contributed by atoms with Crippen LogP contribution in [0, 0.1) is 0 Å². The molecule has 0 N–H and O–H groups in total. The van der Waals surface area contributed by atoms with Crippen LogP contribution in [0.25, 0.3) is 21.7 Å². The Bertz CT molecular complexity index is 1220. The van der Waals surface area contributed by atoms with Gasteiger partial charge in [-0.1, -0.05) is 36.8 Å². The van der Waals surface area contributed by atoms with Crippen LogP contribution in [0.1, 0.15) is 37.7 Å². The van der Waals surface area contributed by atoms with Gasteiger partial charge < -0.3 is 13.9 Å². The summed E-state index contributed by atoms with van der Waals surface area (Å²) in [5, 5.41) is 2.31. The molecule has 1 aliphatic carbocycles. The fraction of sp³-hybridized carbons (Fsp3) is 0.269. The maximum Gasteiger partial charge on any atom is 0.344 e. The van der Waals surface area contributed by atoms with E-state index in [0.717, 1.165) is 34.9 Å². The van der Waals surface area contributed by atoms with Crippen molar-refractivity contribution in [2.24, 2.45) is 0 Å². The second-order valence-electron chi connectivity index (χ2n) is 7.91. The molecule has 4 nitrogen and oxygen atoms in total. The minimum Gasteiger partial charge on any atom is -0.490 e. The lowest BCUT2D eigenvalue weighted by Crippen LogP contribution is -2.19. The van der Waals surface area contributed by atoms with E-state index in [9.17, 15) is 4.79 Å². The summed E-state index contributed by atoms with van der Waals surface area (Å²) in [5.41, 5.74) is 1.26. The fourth-order valence-electron chi connectivity index (χ4n) is 4.17. The summed E-state index contributed by atoms with van der Waals surface area (Å²) in [7, 11) is 0. The predicted octanol–water partition coefficient (Wildman–Crippen LogP) is 6.24. The van der Waals surface area contributed by atoms with Crippen LogP contribution < -0.4 is 15.1 Å². The first-order chi connectivity index (χ1) is 14.8. The Hall–Kier alpha value is -3.27. The minimum absolute atomic E-state index is 0.244. The first-order valence-electron chi connectivity index (χ1n) is 10.6. The van der Waals surface area contributed by atoms with E-state index in [0.29, 0.717) is 23.3 Å². The molecule has 0 amide bonds. The van der Waals surface area contributed by atoms with Gasteiger partial charge in [0, 0.05) is 16.8 Å². The van der Waals surface area contributed by atoms with Crippen molar-refractivity contribution in [3.63, 3.8) is 0 Å². The molecule has 1 saturated carbocycles. The Kier molecular flexibility index (Phi) is 5.14. The Morgan fingerprint density at radius 2 is 1.57 bits per heavy atom. The van der Waals surface area contributed by atoms with Gasteiger partial charge in [-0.15, -0.1) is 0 Å². The molecule has 0 unspecified atom stereocenters. The zero-order valence-electron chi connectivity index (χ0n) is 16.8. The van der Waals surface area contributed by atoms with Gasteiger partial charge in [0.25, 0.3) is 0 Å². The van der Waals surface area contributed by atoms with Gasteiger partial charge in [0.2, 0.25) is 0 Å². The van der Waals surface area contributed by atoms with Crippen molar-refractivity contribution < 1.29 is 13.9 Å². The molecule has 30 heavy (non-hydrogen) atoms. The van der Waals surface area contributed by atoms with Gasteiger partial charge in [0.15, 0.2) is 0 Å². The third-order valence-corrected chi connectivity index (χ3v) is 5.76. The van der Waals surface area contributed by atoms with Crippen molar-refractivity contribution in [2.75, 3.05) is 0 Å². The second-order valence-corrected chi connectivity index (χ2v) is 7.91. The maximum absolute atomic E-state index is 12.7. The van der Waals surface area contributed by atoms with E-state index in [-0.39, 0.29) is 11.7 Å². The molecule has 0 radical (unpaired) electrons. The molecule has 4 aromatic rings. The number of ether oxygens (including phenoxy) is 2. The molecule has 3 aromatic carbocycles. The van der Waals surface area contributed by atoms with Gasteiger partial charge in [-0.25, -0.2) is 4.79 Å². The van der Waals surface area contributed by atoms with Gasteiger partial charge in [0.05, 0.1) is 11.5 Å². The number of hydrogen-bond donors (Lipinski definition) is 0. The average molecular weight is 400 g/mol. The zero-order valence-corrected chi connectivity index (χ0v) is 16.8. The summed E-state index contributed by atoms with van der Waals surface area (Å²) < 4.78 is 17.6. The number of hydrogen-bond acceptors (Lipinski definition) is 4. The van der Waals surface area contributed by atoms with E-state index < -0.39 is 0 Å². The molecule has 1 heterocycles. The molecule has 1 aliphatic rings. The predicted molar refractivity (Wildman–Crippen MR) is 118 cm³/mol. The van der Waals surface area contributed by atoms with Crippen molar-refractivity contribution in [3.05, 3.63) is 82.7 Å². The van der Waals surface area contributed by atoms with E-state index in [1.807, 2.05) is 60.7 Å². The number of rotatable bonds is 5. The number of benzene rings is 3. The lowest BCUT2D eigenvalue weighted by Gasteiger charge is -2.23. The van der Waals surface area contributed by atoms with Gasteiger partial charge in [-0.2, -0.15) is 0 Å². The summed E-state index contributed by atoms with van der Waals surface area (Å²) in [5.74, 6) is 1.41. The molecule has 0 atom stereocenters. The van der Waals surface area contributed by atoms with Crippen LogP contribution in [0.3, 0.4) is 0 Å². The summed E-state index contributed by atoms with van der Waals surface area (Å²) in [4.78, 5) is 12.7. The van der Waals surface area contributed by atoms with Crippen LogP contribution in [-0.4, -0.2) is 6.10 Å². The highest BCUT2D eigenvalue weighted by atomic mass is 16.5. The van der Waals surface area contributed by atoms with E-state index >= 15 is 0 Å². The van der Waals surface area contributed by atoms with Crippen LogP contribution in [0.2, 0.25) is 0 Å². The molecule has 0 aliphatic heterocycles. The summed E-state index contributed by atoms with van der Waals surface area (Å²) >= 11 is 0. The van der Waals surface area contributed by atoms with Crippen molar-refractivity contribution >= 4 is 21.7 Å². The Morgan fingerprint density at radius 1 is 0.800 bits per heavy atom. The second kappa shape index (κ2) is 8.23. The molecule has 1 aromatic heterocycles. The van der Waals surface area contributed by atoms with Crippen molar-refractivity contribution in [1.82, 2.24) is 0 Å². The molecule has 0 bridgehead atoms. The van der Waals surface area contributed by atoms with Crippen LogP contribution >= 0.6 is 0 Å². The SMILES string of the molecule is O=c1oc2cc(OCc3ccccc3)ccc2c2ccc(OC3CCCCC3)cc12. The molecule has 0 saturated heterocycles. The molecular weight excluding hydrogens is 376 g/mol. The highest BCUT2D eigenvalue weighted by Gasteiger charge is 2.16. The van der Waals surface area contributed by atoms with Crippen LogP contribution in [0.5, 0.6) is 11.5 Å². The normalized spacial score (nSPS) is 14.8. The third kappa shape index (κ3) is 3.90. The summed E-state index contributed by atoms with van der Waals surface area (Å²) in [6.45, 7) is 0.464. The lowest BCUT2D eigenvalue weighted by molar-refractivity contribution is 0.155. The monoisotopic (exact) mass is 400 g/mol. The summed E-state index contributed by atoms with van der Waals surface area (Å²) in [6.07, 6.45) is 6.10. The summed E-state index contributed by atoms with van der Waals surface area (Å²) in [6, 6.07) is 21.3. The largest absolute Gasteiger partial charge is 0.490 e. The minimum atomic E-state index is -0.355. The van der Waals surface area contributed by atoms with E-state index in [2.05, 4.69) is 0 Å². The molecule has 152 valence electrons. The highest BCUT2D eigenvalue weighted by molar-refractivity contribution is 6.04. The Labute approximate surface area is 175 Å². The first-order valence-corrected chi connectivity index (χ1v) is 10.6. The molecular formula is C26H24O4. The topological polar surface area (TPSA) is 48.7 Å². The highest BCUT2D eigenvalue weighted by Crippen LogP contribution is 2.30. The molecule has 5 rings (SSSR count). The fourth-order valence-corrected chi connectivity index (χ4v) is 4.17. The standard InChI is InChI=1S/C26H24O4/c27-26-24-15-21(29-19-9-5-2-6-10-19)12-13-22(24)23-14-11-20(16-25(23)30-26)28-17-18-7-3-1-4-8-18/h1,3-4,7-8,11-16,19H,2,5-6,9-10,17H2. The Morgan fingerprint density at radius 3 is 2.40 bits per heavy atom. The molecule has 0 spiro atoms. The Balaban J connectivity index is 1.43. The molecule has 1 fully saturated rings.